The number of halogens is 2. The molecule has 1 aromatic heterocycles. The predicted octanol–water partition coefficient (Wildman–Crippen LogP) is 4.13. The van der Waals surface area contributed by atoms with Gasteiger partial charge in [-0.2, -0.15) is 0 Å². The summed E-state index contributed by atoms with van der Waals surface area (Å²) in [5, 5.41) is 2.01. The summed E-state index contributed by atoms with van der Waals surface area (Å²) in [6.45, 7) is 0. The Bertz CT molecular complexity index is 848. The molecule has 2 aromatic carbocycles. The van der Waals surface area contributed by atoms with Crippen LogP contribution in [0.25, 0.3) is 10.8 Å². The maximum absolute atomic E-state index is 11.4. The maximum Gasteiger partial charge on any atom is 0.273 e. The Hall–Kier alpha value is -1.85. The first-order valence-corrected chi connectivity index (χ1v) is 6.92. The van der Waals surface area contributed by atoms with Crippen LogP contribution < -0.4 is 10.3 Å². The molecule has 6 heteroatoms. The van der Waals surface area contributed by atoms with Gasteiger partial charge in [0.2, 0.25) is 5.88 Å². The summed E-state index contributed by atoms with van der Waals surface area (Å²) in [6.07, 6.45) is 1.25. The van der Waals surface area contributed by atoms with Crippen molar-refractivity contribution in [3.63, 3.8) is 0 Å². The van der Waals surface area contributed by atoms with E-state index < -0.39 is 5.56 Å². The molecule has 0 aliphatic heterocycles. The number of aromatic amines is 1. The van der Waals surface area contributed by atoms with Crippen LogP contribution in [-0.4, -0.2) is 9.97 Å². The van der Waals surface area contributed by atoms with Gasteiger partial charge < -0.3 is 9.72 Å². The molecule has 20 heavy (non-hydrogen) atoms. The Morgan fingerprint density at radius 3 is 2.85 bits per heavy atom. The van der Waals surface area contributed by atoms with Gasteiger partial charge in [0.25, 0.3) is 5.56 Å². The zero-order chi connectivity index (χ0) is 14.1. The molecule has 0 spiro atoms. The molecule has 0 aliphatic rings. The lowest BCUT2D eigenvalue weighted by molar-refractivity contribution is 0.459. The fraction of sp³-hybridized carbons (Fsp3) is 0. The third-order valence-electron chi connectivity index (χ3n) is 2.80. The van der Waals surface area contributed by atoms with Crippen molar-refractivity contribution in [2.24, 2.45) is 0 Å². The van der Waals surface area contributed by atoms with Crippen LogP contribution in [0.5, 0.6) is 11.6 Å². The summed E-state index contributed by atoms with van der Waals surface area (Å²) >= 11 is 9.37. The molecule has 0 saturated heterocycles. The normalized spacial score (nSPS) is 10.7. The predicted molar refractivity (Wildman–Crippen MR) is 81.6 cm³/mol. The Labute approximate surface area is 127 Å². The zero-order valence-corrected chi connectivity index (χ0v) is 12.4. The highest BCUT2D eigenvalue weighted by Crippen LogP contribution is 2.36. The zero-order valence-electron chi connectivity index (χ0n) is 10.1. The van der Waals surface area contributed by atoms with Crippen LogP contribution in [0.3, 0.4) is 0 Å². The fourth-order valence-corrected chi connectivity index (χ4v) is 2.55. The van der Waals surface area contributed by atoms with E-state index in [4.69, 9.17) is 16.3 Å². The number of ether oxygens (including phenoxy) is 1. The largest absolute Gasteiger partial charge is 0.436 e. The number of hydrogen-bond donors (Lipinski definition) is 1. The van der Waals surface area contributed by atoms with Crippen LogP contribution in [0.1, 0.15) is 0 Å². The molecule has 0 aliphatic carbocycles. The van der Waals surface area contributed by atoms with Gasteiger partial charge in [0, 0.05) is 0 Å². The summed E-state index contributed by atoms with van der Waals surface area (Å²) in [6, 6.07) is 11.6. The van der Waals surface area contributed by atoms with Crippen molar-refractivity contribution >= 4 is 38.3 Å². The third-order valence-corrected chi connectivity index (χ3v) is 3.95. The van der Waals surface area contributed by atoms with Crippen LogP contribution in [0.4, 0.5) is 0 Å². The van der Waals surface area contributed by atoms with Gasteiger partial charge in [0.15, 0.2) is 5.02 Å². The topological polar surface area (TPSA) is 55.0 Å². The van der Waals surface area contributed by atoms with E-state index in [1.165, 1.54) is 6.33 Å². The van der Waals surface area contributed by atoms with Gasteiger partial charge in [-0.05, 0) is 32.8 Å². The molecule has 4 nitrogen and oxygen atoms in total. The molecule has 100 valence electrons. The highest BCUT2D eigenvalue weighted by Gasteiger charge is 2.12. The molecule has 0 saturated carbocycles. The average molecular weight is 352 g/mol. The molecule has 1 N–H and O–H groups in total. The summed E-state index contributed by atoms with van der Waals surface area (Å²) in [5.74, 6) is 0.620. The van der Waals surface area contributed by atoms with Crippen molar-refractivity contribution in [2.75, 3.05) is 0 Å². The Morgan fingerprint density at radius 1 is 1.20 bits per heavy atom. The lowest BCUT2D eigenvalue weighted by Crippen LogP contribution is -2.07. The van der Waals surface area contributed by atoms with Gasteiger partial charge >= 0.3 is 0 Å². The summed E-state index contributed by atoms with van der Waals surface area (Å²) in [5.41, 5.74) is -0.437. The van der Waals surface area contributed by atoms with Crippen molar-refractivity contribution in [3.8, 4) is 11.6 Å². The lowest BCUT2D eigenvalue weighted by atomic mass is 10.1. The summed E-state index contributed by atoms with van der Waals surface area (Å²) in [4.78, 5) is 17.7. The van der Waals surface area contributed by atoms with E-state index in [0.717, 1.165) is 15.2 Å². The van der Waals surface area contributed by atoms with Crippen molar-refractivity contribution in [1.82, 2.24) is 9.97 Å². The first-order chi connectivity index (χ1) is 9.66. The molecule has 0 unspecified atom stereocenters. The molecular formula is C14H8BrClN2O2. The van der Waals surface area contributed by atoms with E-state index in [9.17, 15) is 4.79 Å². The van der Waals surface area contributed by atoms with E-state index >= 15 is 0 Å². The van der Waals surface area contributed by atoms with Crippen LogP contribution >= 0.6 is 27.5 Å². The van der Waals surface area contributed by atoms with Crippen LogP contribution in [0.15, 0.2) is 52.0 Å². The standard InChI is InChI=1S/C14H8BrClN2O2/c15-11-9-4-2-1-3-8(9)5-6-10(11)20-14-12(16)13(19)17-7-18-14/h1-7H,(H,17,18,19). The van der Waals surface area contributed by atoms with Crippen LogP contribution in [0, 0.1) is 0 Å². The smallest absolute Gasteiger partial charge is 0.273 e. The van der Waals surface area contributed by atoms with E-state index in [1.807, 2.05) is 30.3 Å². The van der Waals surface area contributed by atoms with Gasteiger partial charge in [-0.15, -0.1) is 0 Å². The van der Waals surface area contributed by atoms with Crippen molar-refractivity contribution in [2.45, 2.75) is 0 Å². The number of H-pyrrole nitrogens is 1. The molecule has 0 bridgehead atoms. The molecule has 0 fully saturated rings. The number of rotatable bonds is 2. The first kappa shape index (κ1) is 13.1. The number of aromatic nitrogens is 2. The SMILES string of the molecule is O=c1[nH]cnc(Oc2ccc3ccccc3c2Br)c1Cl. The number of benzene rings is 2. The second kappa shape index (κ2) is 5.26. The lowest BCUT2D eigenvalue weighted by Gasteiger charge is -2.09. The van der Waals surface area contributed by atoms with Crippen molar-refractivity contribution < 1.29 is 4.74 Å². The van der Waals surface area contributed by atoms with E-state index in [2.05, 4.69) is 25.9 Å². The van der Waals surface area contributed by atoms with E-state index in [1.54, 1.807) is 6.07 Å². The average Bonchev–Trinajstić information content (AvgIpc) is 2.47. The van der Waals surface area contributed by atoms with Gasteiger partial charge in [-0.3, -0.25) is 4.79 Å². The molecule has 3 aromatic rings. The molecule has 3 rings (SSSR count). The minimum atomic E-state index is -0.437. The van der Waals surface area contributed by atoms with Gasteiger partial charge in [-0.25, -0.2) is 4.98 Å². The monoisotopic (exact) mass is 350 g/mol. The van der Waals surface area contributed by atoms with Gasteiger partial charge in [0.1, 0.15) is 5.75 Å². The van der Waals surface area contributed by atoms with Gasteiger partial charge in [0.05, 0.1) is 10.8 Å². The number of fused-ring (bicyclic) bond motifs is 1. The highest BCUT2D eigenvalue weighted by molar-refractivity contribution is 9.10. The van der Waals surface area contributed by atoms with Crippen molar-refractivity contribution in [3.05, 3.63) is 62.6 Å². The second-order valence-electron chi connectivity index (χ2n) is 4.05. The molecule has 1 heterocycles. The number of hydrogen-bond acceptors (Lipinski definition) is 3. The Kier molecular flexibility index (Phi) is 3.46. The molecule has 0 atom stereocenters. The third kappa shape index (κ3) is 2.30. The summed E-state index contributed by atoms with van der Waals surface area (Å²) < 4.78 is 6.40. The second-order valence-corrected chi connectivity index (χ2v) is 5.22. The minimum absolute atomic E-state index is 0.0754. The first-order valence-electron chi connectivity index (χ1n) is 5.75. The Balaban J connectivity index is 2.09. The number of nitrogens with zero attached hydrogens (tertiary/aromatic N) is 1. The van der Waals surface area contributed by atoms with Crippen molar-refractivity contribution in [1.29, 1.82) is 0 Å². The maximum atomic E-state index is 11.4. The van der Waals surface area contributed by atoms with Crippen LogP contribution in [-0.2, 0) is 0 Å². The van der Waals surface area contributed by atoms with E-state index in [0.29, 0.717) is 5.75 Å². The quantitative estimate of drug-likeness (QED) is 0.755. The minimum Gasteiger partial charge on any atom is -0.436 e. The van der Waals surface area contributed by atoms with Gasteiger partial charge in [-0.1, -0.05) is 41.9 Å². The molecule has 0 radical (unpaired) electrons. The Morgan fingerprint density at radius 2 is 2.00 bits per heavy atom. The fourth-order valence-electron chi connectivity index (χ4n) is 1.83. The highest BCUT2D eigenvalue weighted by atomic mass is 79.9. The molecular weight excluding hydrogens is 344 g/mol. The molecule has 0 amide bonds. The summed E-state index contributed by atoms with van der Waals surface area (Å²) in [7, 11) is 0. The van der Waals surface area contributed by atoms with Crippen LogP contribution in [0.2, 0.25) is 5.02 Å². The number of nitrogens with one attached hydrogen (secondary N) is 1. The van der Waals surface area contributed by atoms with E-state index in [-0.39, 0.29) is 10.9 Å².